The minimum absolute atomic E-state index is 0.203. The Balaban J connectivity index is 0.000000211. The molecule has 0 aliphatic carbocycles. The highest BCUT2D eigenvalue weighted by atomic mass is 19.3. The first-order chi connectivity index (χ1) is 17.4. The van der Waals surface area contributed by atoms with E-state index in [2.05, 4.69) is 10.1 Å². The van der Waals surface area contributed by atoms with E-state index in [1.165, 1.54) is 41.5 Å². The van der Waals surface area contributed by atoms with Crippen LogP contribution in [0.25, 0.3) is 21.9 Å². The van der Waals surface area contributed by atoms with Crippen LogP contribution in [0.3, 0.4) is 0 Å². The van der Waals surface area contributed by atoms with Gasteiger partial charge in [0, 0.05) is 19.5 Å². The van der Waals surface area contributed by atoms with E-state index in [0.717, 1.165) is 21.9 Å². The Morgan fingerprint density at radius 2 is 1.21 bits per heavy atom. The molecule has 0 atom stereocenters. The highest BCUT2D eigenvalue weighted by Crippen LogP contribution is 2.38. The zero-order valence-electron chi connectivity index (χ0n) is 23.2. The number of ether oxygens (including phenoxy) is 2. The van der Waals surface area contributed by atoms with E-state index in [1.807, 2.05) is 48.5 Å². The van der Waals surface area contributed by atoms with Gasteiger partial charge in [0.25, 0.3) is 0 Å². The SMILES string of the molecule is Cn1c(COC(F)(F)C(C)(C)C)nc2ccccc21.Cn1nc(COC(F)(F)C(C)(C)C)c2ccccc21. The molecule has 2 heterocycles. The smallest absolute Gasteiger partial charge is 0.329 e. The fourth-order valence-electron chi connectivity index (χ4n) is 3.47. The number of hydrogen-bond acceptors (Lipinski definition) is 4. The molecule has 208 valence electrons. The van der Waals surface area contributed by atoms with Gasteiger partial charge in [-0.2, -0.15) is 22.7 Å². The van der Waals surface area contributed by atoms with Crippen LogP contribution in [-0.2, 0) is 36.8 Å². The van der Waals surface area contributed by atoms with Crippen molar-refractivity contribution in [3.8, 4) is 0 Å². The number of para-hydroxylation sites is 3. The number of aryl methyl sites for hydroxylation is 2. The molecule has 0 amide bonds. The van der Waals surface area contributed by atoms with Crippen molar-refractivity contribution >= 4 is 21.9 Å². The normalized spacial score (nSPS) is 13.2. The Hall–Kier alpha value is -2.98. The fourth-order valence-corrected chi connectivity index (χ4v) is 3.47. The summed E-state index contributed by atoms with van der Waals surface area (Å²) in [5.41, 5.74) is 0.639. The van der Waals surface area contributed by atoms with Gasteiger partial charge >= 0.3 is 12.2 Å². The maximum atomic E-state index is 13.8. The van der Waals surface area contributed by atoms with Crippen LogP contribution >= 0.6 is 0 Å². The van der Waals surface area contributed by atoms with E-state index in [0.29, 0.717) is 11.5 Å². The van der Waals surface area contributed by atoms with Gasteiger partial charge in [-0.1, -0.05) is 71.9 Å². The van der Waals surface area contributed by atoms with Gasteiger partial charge < -0.3 is 14.0 Å². The number of rotatable bonds is 6. The minimum Gasteiger partial charge on any atom is -0.329 e. The molecule has 0 N–H and O–H groups in total. The lowest BCUT2D eigenvalue weighted by atomic mass is 9.95. The maximum Gasteiger partial charge on any atom is 0.360 e. The average molecular weight is 537 g/mol. The lowest BCUT2D eigenvalue weighted by Gasteiger charge is -2.29. The molecule has 4 rings (SSSR count). The standard InChI is InChI=1S/2C14H18F2N2O/c1-13(2,3)14(15,16)19-9-11-10-7-5-6-8-12(10)18(4)17-11;1-13(2,3)14(15,16)19-9-12-17-10-7-5-6-8-11(10)18(12)4/h2*5-8H,9H2,1-4H3. The van der Waals surface area contributed by atoms with Crippen LogP contribution in [0.2, 0.25) is 0 Å². The molecule has 0 radical (unpaired) electrons. The lowest BCUT2D eigenvalue weighted by Crippen LogP contribution is -2.36. The fraction of sp³-hybridized carbons (Fsp3) is 0.500. The Labute approximate surface area is 220 Å². The molecule has 0 fully saturated rings. The van der Waals surface area contributed by atoms with Crippen molar-refractivity contribution in [2.24, 2.45) is 24.9 Å². The van der Waals surface area contributed by atoms with Gasteiger partial charge in [-0.15, -0.1) is 0 Å². The van der Waals surface area contributed by atoms with Crippen molar-refractivity contribution in [1.82, 2.24) is 19.3 Å². The van der Waals surface area contributed by atoms with E-state index in [9.17, 15) is 17.6 Å². The first kappa shape index (κ1) is 29.6. The van der Waals surface area contributed by atoms with Crippen LogP contribution in [0.1, 0.15) is 53.1 Å². The largest absolute Gasteiger partial charge is 0.360 e. The van der Waals surface area contributed by atoms with Crippen LogP contribution in [0, 0.1) is 10.8 Å². The maximum absolute atomic E-state index is 13.8. The number of halogens is 4. The molecule has 10 heteroatoms. The summed E-state index contributed by atoms with van der Waals surface area (Å²) >= 11 is 0. The number of aromatic nitrogens is 4. The molecular weight excluding hydrogens is 500 g/mol. The van der Waals surface area contributed by atoms with Gasteiger partial charge in [0.05, 0.1) is 39.7 Å². The lowest BCUT2D eigenvalue weighted by molar-refractivity contribution is -0.301. The van der Waals surface area contributed by atoms with Crippen molar-refractivity contribution in [2.45, 2.75) is 67.0 Å². The minimum atomic E-state index is -3.19. The summed E-state index contributed by atoms with van der Waals surface area (Å²) in [5.74, 6) is 0.491. The molecule has 6 nitrogen and oxygen atoms in total. The molecule has 0 aliphatic rings. The predicted molar refractivity (Wildman–Crippen MR) is 140 cm³/mol. The molecule has 2 aromatic heterocycles. The third-order valence-corrected chi connectivity index (χ3v) is 6.23. The van der Waals surface area contributed by atoms with Crippen LogP contribution in [0.15, 0.2) is 48.5 Å². The number of nitrogens with zero attached hydrogens (tertiary/aromatic N) is 4. The second-order valence-electron chi connectivity index (χ2n) is 11.3. The molecular formula is C28H36F4N4O2. The summed E-state index contributed by atoms with van der Waals surface area (Å²) in [7, 11) is 3.58. The van der Waals surface area contributed by atoms with E-state index in [4.69, 9.17) is 9.47 Å². The summed E-state index contributed by atoms with van der Waals surface area (Å²) in [6, 6.07) is 15.0. The zero-order valence-corrected chi connectivity index (χ0v) is 23.2. The van der Waals surface area contributed by atoms with Crippen LogP contribution in [-0.4, -0.2) is 31.5 Å². The Kier molecular flexibility index (Phi) is 8.29. The molecule has 0 saturated carbocycles. The summed E-state index contributed by atoms with van der Waals surface area (Å²) < 4.78 is 68.0. The van der Waals surface area contributed by atoms with Gasteiger partial charge in [-0.3, -0.25) is 4.68 Å². The number of alkyl halides is 4. The molecule has 4 aromatic rings. The number of hydrogen-bond donors (Lipinski definition) is 0. The van der Waals surface area contributed by atoms with Crippen LogP contribution in [0.5, 0.6) is 0 Å². The third-order valence-electron chi connectivity index (χ3n) is 6.23. The van der Waals surface area contributed by atoms with Gasteiger partial charge in [0.1, 0.15) is 12.4 Å². The molecule has 0 unspecified atom stereocenters. The van der Waals surface area contributed by atoms with Gasteiger partial charge in [-0.25, -0.2) is 4.98 Å². The summed E-state index contributed by atoms with van der Waals surface area (Å²) in [5, 5.41) is 5.08. The molecule has 2 aromatic carbocycles. The molecule has 0 aliphatic heterocycles. The number of imidazole rings is 1. The second kappa shape index (κ2) is 10.6. The van der Waals surface area contributed by atoms with Crippen molar-refractivity contribution in [1.29, 1.82) is 0 Å². The van der Waals surface area contributed by atoms with Crippen molar-refractivity contribution in [3.05, 3.63) is 60.0 Å². The van der Waals surface area contributed by atoms with Crippen molar-refractivity contribution < 1.29 is 27.0 Å². The van der Waals surface area contributed by atoms with Gasteiger partial charge in [0.15, 0.2) is 0 Å². The highest BCUT2D eigenvalue weighted by Gasteiger charge is 2.45. The van der Waals surface area contributed by atoms with Crippen molar-refractivity contribution in [3.63, 3.8) is 0 Å². The summed E-state index contributed by atoms with van der Waals surface area (Å²) in [6.07, 6.45) is -6.38. The first-order valence-electron chi connectivity index (χ1n) is 12.3. The Bertz CT molecular complexity index is 1380. The Morgan fingerprint density at radius 3 is 1.76 bits per heavy atom. The first-order valence-corrected chi connectivity index (χ1v) is 12.3. The van der Waals surface area contributed by atoms with E-state index in [-0.39, 0.29) is 13.2 Å². The monoisotopic (exact) mass is 536 g/mol. The van der Waals surface area contributed by atoms with E-state index >= 15 is 0 Å². The topological polar surface area (TPSA) is 54.1 Å². The van der Waals surface area contributed by atoms with Crippen LogP contribution < -0.4 is 0 Å². The Morgan fingerprint density at radius 1 is 0.711 bits per heavy atom. The predicted octanol–water partition coefficient (Wildman–Crippen LogP) is 7.46. The molecule has 0 saturated heterocycles. The zero-order chi connectivity index (χ0) is 28.5. The summed E-state index contributed by atoms with van der Waals surface area (Å²) in [4.78, 5) is 4.30. The summed E-state index contributed by atoms with van der Waals surface area (Å²) in [6.45, 7) is 8.27. The van der Waals surface area contributed by atoms with E-state index in [1.54, 1.807) is 23.3 Å². The van der Waals surface area contributed by atoms with Crippen molar-refractivity contribution in [2.75, 3.05) is 0 Å². The average Bonchev–Trinajstić information content (AvgIpc) is 3.32. The second-order valence-corrected chi connectivity index (χ2v) is 11.3. The molecule has 38 heavy (non-hydrogen) atoms. The number of benzene rings is 2. The quantitative estimate of drug-likeness (QED) is 0.240. The number of fused-ring (bicyclic) bond motifs is 2. The van der Waals surface area contributed by atoms with E-state index < -0.39 is 23.0 Å². The highest BCUT2D eigenvalue weighted by molar-refractivity contribution is 5.81. The van der Waals surface area contributed by atoms with Crippen LogP contribution in [0.4, 0.5) is 17.6 Å². The third kappa shape index (κ3) is 6.35. The van der Waals surface area contributed by atoms with Gasteiger partial charge in [-0.05, 0) is 18.2 Å². The molecule has 0 bridgehead atoms. The van der Waals surface area contributed by atoms with Gasteiger partial charge in [0.2, 0.25) is 0 Å². The molecule has 0 spiro atoms.